The van der Waals surface area contributed by atoms with Gasteiger partial charge in [0.1, 0.15) is 0 Å². The molecule has 0 aromatic carbocycles. The van der Waals surface area contributed by atoms with Crippen molar-refractivity contribution in [1.82, 2.24) is 0 Å². The van der Waals surface area contributed by atoms with Crippen LogP contribution in [0.4, 0.5) is 0 Å². The van der Waals surface area contributed by atoms with Crippen molar-refractivity contribution in [3.05, 3.63) is 0 Å². The molecule has 0 aliphatic rings. The summed E-state index contributed by atoms with van der Waals surface area (Å²) >= 11 is 0. The Hall–Kier alpha value is -1.06. The van der Waals surface area contributed by atoms with Crippen LogP contribution in [0.1, 0.15) is 246 Å². The molecule has 0 bridgehead atoms. The Kier molecular flexibility index (Phi) is 22.8. The highest BCUT2D eigenvalue weighted by Crippen LogP contribution is 2.47. The fourth-order valence-electron chi connectivity index (χ4n) is 10.1. The van der Waals surface area contributed by atoms with Crippen LogP contribution < -0.4 is 0 Å². The average Bonchev–Trinajstić information content (AvgIpc) is 2.94. The molecule has 0 rings (SSSR count). The Morgan fingerprint density at radius 1 is 0.377 bits per heavy atom. The van der Waals surface area contributed by atoms with Gasteiger partial charge in [0.25, 0.3) is 0 Å². The molecule has 316 valence electrons. The first-order chi connectivity index (χ1) is 24.1. The van der Waals surface area contributed by atoms with Gasteiger partial charge in [0, 0.05) is 0 Å². The molecule has 53 heavy (non-hydrogen) atoms. The quantitative estimate of drug-likeness (QED) is 0.0781. The summed E-state index contributed by atoms with van der Waals surface area (Å²) < 4.78 is 0. The summed E-state index contributed by atoms with van der Waals surface area (Å²) in [5.74, 6) is 0.251. The predicted molar refractivity (Wildman–Crippen MR) is 232 cm³/mol. The smallest absolute Gasteiger partial charge is 0.309 e. The van der Waals surface area contributed by atoms with Gasteiger partial charge in [-0.2, -0.15) is 0 Å². The van der Waals surface area contributed by atoms with Crippen molar-refractivity contribution in [3.8, 4) is 0 Å². The standard InChI is InChI=1S/C49H96O4/c1-38(34-44(5,6)7)28-32-48(42(50)51,40(3)36-46(11,12)13)30-26-24-22-20-18-17-19-21-23-25-27-31-49(43(52)53,41(4)37-47(14,15)16)33-29-39(2)35-45(8,9)10/h38-41H,17-37H2,1-16H3,(H,50,51)(H,52,53). The van der Waals surface area contributed by atoms with Gasteiger partial charge < -0.3 is 10.2 Å². The molecule has 4 nitrogen and oxygen atoms in total. The third kappa shape index (κ3) is 22.9. The summed E-state index contributed by atoms with van der Waals surface area (Å²) in [6, 6.07) is 0. The summed E-state index contributed by atoms with van der Waals surface area (Å²) in [5.41, 5.74) is -0.471. The highest BCUT2D eigenvalue weighted by molar-refractivity contribution is 5.75. The molecule has 6 atom stereocenters. The lowest BCUT2D eigenvalue weighted by Crippen LogP contribution is -2.39. The summed E-state index contributed by atoms with van der Waals surface area (Å²) in [7, 11) is 0. The van der Waals surface area contributed by atoms with Crippen LogP contribution in [0.25, 0.3) is 0 Å². The van der Waals surface area contributed by atoms with Gasteiger partial charge in [-0.3, -0.25) is 9.59 Å². The minimum atomic E-state index is -0.626. The monoisotopic (exact) mass is 749 g/mol. The van der Waals surface area contributed by atoms with Crippen LogP contribution in [0.2, 0.25) is 0 Å². The zero-order valence-corrected chi connectivity index (χ0v) is 38.9. The maximum absolute atomic E-state index is 13.0. The minimum absolute atomic E-state index is 0.120. The van der Waals surface area contributed by atoms with Crippen LogP contribution in [0, 0.1) is 56.2 Å². The van der Waals surface area contributed by atoms with Crippen molar-refractivity contribution in [2.75, 3.05) is 0 Å². The van der Waals surface area contributed by atoms with Gasteiger partial charge in [0.2, 0.25) is 0 Å². The zero-order chi connectivity index (χ0) is 41.3. The van der Waals surface area contributed by atoms with Crippen molar-refractivity contribution in [3.63, 3.8) is 0 Å². The van der Waals surface area contributed by atoms with Crippen molar-refractivity contribution >= 4 is 11.9 Å². The largest absolute Gasteiger partial charge is 0.481 e. The topological polar surface area (TPSA) is 74.6 Å². The first-order valence-corrected chi connectivity index (χ1v) is 22.5. The second-order valence-corrected chi connectivity index (χ2v) is 23.5. The number of rotatable bonds is 28. The number of aliphatic carboxylic acids is 2. The van der Waals surface area contributed by atoms with Gasteiger partial charge in [0.05, 0.1) is 10.8 Å². The van der Waals surface area contributed by atoms with Gasteiger partial charge in [-0.25, -0.2) is 0 Å². The number of hydrogen-bond donors (Lipinski definition) is 2. The highest BCUT2D eigenvalue weighted by Gasteiger charge is 2.45. The van der Waals surface area contributed by atoms with Gasteiger partial charge in [-0.05, 0) is 110 Å². The first kappa shape index (κ1) is 51.9. The molecule has 0 aromatic heterocycles. The minimum Gasteiger partial charge on any atom is -0.481 e. The molecule has 0 aliphatic carbocycles. The number of unbranched alkanes of at least 4 members (excludes halogenated alkanes) is 10. The Bertz CT molecular complexity index is 921. The fraction of sp³-hybridized carbons (Fsp3) is 0.959. The molecule has 0 spiro atoms. The Morgan fingerprint density at radius 2 is 0.604 bits per heavy atom. The molecule has 6 unspecified atom stereocenters. The summed E-state index contributed by atoms with van der Waals surface area (Å²) in [5, 5.41) is 21.4. The summed E-state index contributed by atoms with van der Waals surface area (Å²) in [6.45, 7) is 36.2. The van der Waals surface area contributed by atoms with Crippen LogP contribution in [0.3, 0.4) is 0 Å². The van der Waals surface area contributed by atoms with E-state index in [-0.39, 0.29) is 33.5 Å². The van der Waals surface area contributed by atoms with Gasteiger partial charge in [0.15, 0.2) is 0 Å². The first-order valence-electron chi connectivity index (χ1n) is 22.5. The fourth-order valence-corrected chi connectivity index (χ4v) is 10.1. The zero-order valence-electron chi connectivity index (χ0n) is 38.9. The molecule has 0 fully saturated rings. The van der Waals surface area contributed by atoms with Crippen LogP contribution in [-0.2, 0) is 9.59 Å². The lowest BCUT2D eigenvalue weighted by atomic mass is 9.64. The Labute approximate surface area is 332 Å². The summed E-state index contributed by atoms with van der Waals surface area (Å²) in [6.07, 6.45) is 22.3. The molecule has 2 N–H and O–H groups in total. The molecule has 0 aliphatic heterocycles. The van der Waals surface area contributed by atoms with Crippen molar-refractivity contribution in [2.45, 2.75) is 246 Å². The van der Waals surface area contributed by atoms with E-state index in [9.17, 15) is 19.8 Å². The predicted octanol–water partition coefficient (Wildman–Crippen LogP) is 16.0. The third-order valence-corrected chi connectivity index (χ3v) is 12.4. The number of carboxylic acid groups (broad SMARTS) is 2. The van der Waals surface area contributed by atoms with Crippen molar-refractivity contribution in [2.24, 2.45) is 56.2 Å². The lowest BCUT2D eigenvalue weighted by molar-refractivity contribution is -0.156. The van der Waals surface area contributed by atoms with Crippen LogP contribution in [-0.4, -0.2) is 22.2 Å². The highest BCUT2D eigenvalue weighted by atomic mass is 16.4. The van der Waals surface area contributed by atoms with E-state index in [1.54, 1.807) is 0 Å². The molecule has 0 radical (unpaired) electrons. The van der Waals surface area contributed by atoms with E-state index < -0.39 is 22.8 Å². The van der Waals surface area contributed by atoms with Crippen molar-refractivity contribution < 1.29 is 19.8 Å². The lowest BCUT2D eigenvalue weighted by Gasteiger charge is -2.39. The van der Waals surface area contributed by atoms with Crippen LogP contribution in [0.15, 0.2) is 0 Å². The van der Waals surface area contributed by atoms with E-state index >= 15 is 0 Å². The van der Waals surface area contributed by atoms with Gasteiger partial charge in [-0.15, -0.1) is 0 Å². The molecule has 0 saturated heterocycles. The number of carboxylic acids is 2. The second kappa shape index (κ2) is 23.2. The Balaban J connectivity index is 4.88. The number of hydrogen-bond acceptors (Lipinski definition) is 2. The molecule has 0 aromatic rings. The van der Waals surface area contributed by atoms with E-state index in [4.69, 9.17) is 0 Å². The normalized spacial score (nSPS) is 17.8. The summed E-state index contributed by atoms with van der Waals surface area (Å²) in [4.78, 5) is 26.0. The second-order valence-electron chi connectivity index (χ2n) is 23.5. The van der Waals surface area contributed by atoms with Crippen LogP contribution in [0.5, 0.6) is 0 Å². The number of carbonyl (C=O) groups is 2. The molecule has 0 saturated carbocycles. The Morgan fingerprint density at radius 3 is 0.811 bits per heavy atom. The maximum Gasteiger partial charge on any atom is 0.309 e. The van der Waals surface area contributed by atoms with Gasteiger partial charge >= 0.3 is 11.9 Å². The van der Waals surface area contributed by atoms with E-state index in [0.717, 1.165) is 89.9 Å². The van der Waals surface area contributed by atoms with E-state index in [1.807, 2.05) is 0 Å². The molecule has 4 heteroatoms. The van der Waals surface area contributed by atoms with E-state index in [2.05, 4.69) is 111 Å². The molecule has 0 amide bonds. The molecular weight excluding hydrogens is 653 g/mol. The average molecular weight is 749 g/mol. The van der Waals surface area contributed by atoms with Crippen LogP contribution >= 0.6 is 0 Å². The van der Waals surface area contributed by atoms with Crippen molar-refractivity contribution in [1.29, 1.82) is 0 Å². The molecule has 0 heterocycles. The van der Waals surface area contributed by atoms with Gasteiger partial charge in [-0.1, -0.05) is 181 Å². The third-order valence-electron chi connectivity index (χ3n) is 12.4. The van der Waals surface area contributed by atoms with E-state index in [0.29, 0.717) is 11.8 Å². The SMILES string of the molecule is CC(CCC(CCCCCCCCCCCCCC(CCC(C)CC(C)(C)C)(C(=O)O)C(C)CC(C)(C)C)(C(=O)O)C(C)CC(C)(C)C)CC(C)(C)C. The maximum atomic E-state index is 13.0. The van der Waals surface area contributed by atoms with E-state index in [1.165, 1.54) is 44.9 Å². The molecular formula is C49H96O4.